The molecule has 3 atom stereocenters. The highest BCUT2D eigenvalue weighted by Gasteiger charge is 2.48. The molecular weight excluding hydrogens is 316 g/mol. The molecule has 24 heavy (non-hydrogen) atoms. The van der Waals surface area contributed by atoms with Gasteiger partial charge in [-0.15, -0.1) is 0 Å². The van der Waals surface area contributed by atoms with Crippen LogP contribution in [-0.2, 0) is 23.9 Å². The molecule has 0 aromatic heterocycles. The number of carbonyl (C=O) groups is 3. The van der Waals surface area contributed by atoms with Gasteiger partial charge >= 0.3 is 12.1 Å². The molecule has 0 bridgehead atoms. The molecule has 8 nitrogen and oxygen atoms in total. The zero-order valence-corrected chi connectivity index (χ0v) is 15.5. The molecule has 1 heterocycles. The van der Waals surface area contributed by atoms with E-state index in [1.807, 2.05) is 6.92 Å². The number of nitrogens with zero attached hydrogens (tertiary/aromatic N) is 2. The van der Waals surface area contributed by atoms with Gasteiger partial charge in [-0.3, -0.25) is 14.5 Å². The number of hydrogen-bond donors (Lipinski definition) is 0. The summed E-state index contributed by atoms with van der Waals surface area (Å²) in [5.41, 5.74) is -0.707. The summed E-state index contributed by atoms with van der Waals surface area (Å²) in [5, 5.41) is 1.10. The maximum Gasteiger partial charge on any atom is 0.411 e. The first-order valence-electron chi connectivity index (χ1n) is 7.91. The standard InChI is InChI=1S/C16H28N2O6/c1-10-8-12(14(20)22-6)18(15(21)24-16(2,3)4)11(10)9-13(19)17(5)23-7/h10-12H,8-9H2,1-7H3/t10-,11-,12+/m1/s1. The van der Waals surface area contributed by atoms with E-state index < -0.39 is 29.7 Å². The second-order valence-electron chi connectivity index (χ2n) is 6.98. The van der Waals surface area contributed by atoms with Crippen LogP contribution in [0, 0.1) is 5.92 Å². The summed E-state index contributed by atoms with van der Waals surface area (Å²) >= 11 is 0. The van der Waals surface area contributed by atoms with Crippen LogP contribution in [0.25, 0.3) is 0 Å². The predicted octanol–water partition coefficient (Wildman–Crippen LogP) is 1.58. The van der Waals surface area contributed by atoms with Crippen molar-refractivity contribution in [1.82, 2.24) is 9.96 Å². The van der Waals surface area contributed by atoms with Crippen LogP contribution in [0.5, 0.6) is 0 Å². The number of hydrogen-bond acceptors (Lipinski definition) is 6. The molecular formula is C16H28N2O6. The minimum Gasteiger partial charge on any atom is -0.467 e. The van der Waals surface area contributed by atoms with Gasteiger partial charge in [0.1, 0.15) is 11.6 Å². The van der Waals surface area contributed by atoms with Crippen LogP contribution in [0.4, 0.5) is 4.79 Å². The minimum atomic E-state index is -0.759. The molecule has 2 amide bonds. The normalized spacial score (nSPS) is 23.8. The Morgan fingerprint density at radius 2 is 1.79 bits per heavy atom. The van der Waals surface area contributed by atoms with Gasteiger partial charge in [-0.05, 0) is 33.1 Å². The lowest BCUT2D eigenvalue weighted by molar-refractivity contribution is -0.170. The Labute approximate surface area is 143 Å². The Hall–Kier alpha value is -1.83. The Morgan fingerprint density at radius 3 is 2.25 bits per heavy atom. The lowest BCUT2D eigenvalue weighted by Crippen LogP contribution is -2.49. The van der Waals surface area contributed by atoms with E-state index in [-0.39, 0.29) is 18.2 Å². The highest BCUT2D eigenvalue weighted by atomic mass is 16.7. The average Bonchev–Trinajstić information content (AvgIpc) is 2.80. The van der Waals surface area contributed by atoms with Gasteiger partial charge in [-0.25, -0.2) is 14.7 Å². The van der Waals surface area contributed by atoms with Crippen LogP contribution in [0.1, 0.15) is 40.5 Å². The summed E-state index contributed by atoms with van der Waals surface area (Å²) in [6.45, 7) is 7.13. The molecule has 1 fully saturated rings. The first kappa shape index (κ1) is 20.2. The third-order valence-electron chi connectivity index (χ3n) is 4.03. The van der Waals surface area contributed by atoms with Crippen molar-refractivity contribution in [1.29, 1.82) is 0 Å². The van der Waals surface area contributed by atoms with Crippen molar-refractivity contribution < 1.29 is 28.7 Å². The van der Waals surface area contributed by atoms with Crippen LogP contribution in [-0.4, -0.2) is 66.9 Å². The first-order chi connectivity index (χ1) is 11.0. The van der Waals surface area contributed by atoms with E-state index in [4.69, 9.17) is 14.3 Å². The van der Waals surface area contributed by atoms with Crippen molar-refractivity contribution in [2.24, 2.45) is 5.92 Å². The molecule has 0 spiro atoms. The lowest BCUT2D eigenvalue weighted by Gasteiger charge is -2.32. The second kappa shape index (κ2) is 7.83. The summed E-state index contributed by atoms with van der Waals surface area (Å²) in [6, 6.07) is -1.22. The van der Waals surface area contributed by atoms with Crippen molar-refractivity contribution in [2.75, 3.05) is 21.3 Å². The smallest absolute Gasteiger partial charge is 0.411 e. The van der Waals surface area contributed by atoms with Gasteiger partial charge in [0.25, 0.3) is 0 Å². The molecule has 1 aliphatic heterocycles. The summed E-state index contributed by atoms with van der Waals surface area (Å²) < 4.78 is 10.2. The highest BCUT2D eigenvalue weighted by Crippen LogP contribution is 2.34. The highest BCUT2D eigenvalue weighted by molar-refractivity contribution is 5.84. The van der Waals surface area contributed by atoms with Gasteiger partial charge in [-0.2, -0.15) is 0 Å². The second-order valence-corrected chi connectivity index (χ2v) is 6.98. The molecule has 0 saturated carbocycles. The molecule has 8 heteroatoms. The molecule has 0 aliphatic carbocycles. The van der Waals surface area contributed by atoms with E-state index in [9.17, 15) is 14.4 Å². The van der Waals surface area contributed by atoms with Crippen molar-refractivity contribution >= 4 is 18.0 Å². The molecule has 0 aromatic carbocycles. The zero-order chi connectivity index (χ0) is 18.7. The van der Waals surface area contributed by atoms with E-state index in [0.29, 0.717) is 6.42 Å². The first-order valence-corrected chi connectivity index (χ1v) is 7.91. The number of hydroxylamine groups is 2. The predicted molar refractivity (Wildman–Crippen MR) is 85.8 cm³/mol. The van der Waals surface area contributed by atoms with Crippen LogP contribution >= 0.6 is 0 Å². The van der Waals surface area contributed by atoms with E-state index in [1.165, 1.54) is 26.2 Å². The van der Waals surface area contributed by atoms with Crippen molar-refractivity contribution in [3.05, 3.63) is 0 Å². The van der Waals surface area contributed by atoms with Gasteiger partial charge in [-0.1, -0.05) is 6.92 Å². The fourth-order valence-corrected chi connectivity index (χ4v) is 2.76. The van der Waals surface area contributed by atoms with Gasteiger partial charge in [0.2, 0.25) is 5.91 Å². The molecule has 1 aliphatic rings. The lowest BCUT2D eigenvalue weighted by atomic mass is 9.98. The number of ether oxygens (including phenoxy) is 2. The van der Waals surface area contributed by atoms with Crippen molar-refractivity contribution in [2.45, 2.75) is 58.2 Å². The quantitative estimate of drug-likeness (QED) is 0.569. The van der Waals surface area contributed by atoms with Gasteiger partial charge in [0.15, 0.2) is 0 Å². The van der Waals surface area contributed by atoms with Crippen molar-refractivity contribution in [3.8, 4) is 0 Å². The number of likely N-dealkylation sites (tertiary alicyclic amines) is 1. The van der Waals surface area contributed by atoms with E-state index in [1.54, 1.807) is 20.8 Å². The van der Waals surface area contributed by atoms with Crippen LogP contribution in [0.3, 0.4) is 0 Å². The number of rotatable bonds is 4. The average molecular weight is 344 g/mol. The molecule has 138 valence electrons. The maximum absolute atomic E-state index is 12.6. The molecule has 0 radical (unpaired) electrons. The molecule has 0 unspecified atom stereocenters. The SMILES string of the molecule is COC(=O)[C@@H]1C[C@@H](C)[C@@H](CC(=O)N(C)OC)N1C(=O)OC(C)(C)C. The van der Waals surface area contributed by atoms with E-state index in [2.05, 4.69) is 0 Å². The molecule has 0 aromatic rings. The number of amides is 2. The van der Waals surface area contributed by atoms with Crippen molar-refractivity contribution in [3.63, 3.8) is 0 Å². The molecule has 1 saturated heterocycles. The fourth-order valence-electron chi connectivity index (χ4n) is 2.76. The fraction of sp³-hybridized carbons (Fsp3) is 0.812. The van der Waals surface area contributed by atoms with Crippen LogP contribution < -0.4 is 0 Å². The largest absolute Gasteiger partial charge is 0.467 e. The Morgan fingerprint density at radius 1 is 1.21 bits per heavy atom. The number of methoxy groups -OCH3 is 1. The third-order valence-corrected chi connectivity index (χ3v) is 4.03. The minimum absolute atomic E-state index is 0.0399. The summed E-state index contributed by atoms with van der Waals surface area (Å²) in [5.74, 6) is -0.855. The Bertz CT molecular complexity index is 487. The number of carbonyl (C=O) groups excluding carboxylic acids is 3. The van der Waals surface area contributed by atoms with Gasteiger partial charge in [0, 0.05) is 19.5 Å². The summed E-state index contributed by atoms with van der Waals surface area (Å²) in [6.07, 6.45) is -0.168. The topological polar surface area (TPSA) is 85.4 Å². The van der Waals surface area contributed by atoms with E-state index in [0.717, 1.165) is 5.06 Å². The van der Waals surface area contributed by atoms with Crippen LogP contribution in [0.2, 0.25) is 0 Å². The third kappa shape index (κ3) is 4.83. The zero-order valence-electron chi connectivity index (χ0n) is 15.5. The number of esters is 1. The Kier molecular flexibility index (Phi) is 6.59. The monoisotopic (exact) mass is 344 g/mol. The summed E-state index contributed by atoms with van der Waals surface area (Å²) in [4.78, 5) is 43.1. The summed E-state index contributed by atoms with van der Waals surface area (Å²) in [7, 11) is 4.16. The van der Waals surface area contributed by atoms with Gasteiger partial charge < -0.3 is 9.47 Å². The van der Waals surface area contributed by atoms with Crippen LogP contribution in [0.15, 0.2) is 0 Å². The molecule has 1 rings (SSSR count). The van der Waals surface area contributed by atoms with Gasteiger partial charge in [0.05, 0.1) is 14.2 Å². The van der Waals surface area contributed by atoms with E-state index >= 15 is 0 Å². The molecule has 0 N–H and O–H groups in total. The maximum atomic E-state index is 12.6. The Balaban J connectivity index is 3.06.